The van der Waals surface area contributed by atoms with E-state index in [9.17, 15) is 0 Å². The average Bonchev–Trinajstić information content (AvgIpc) is 2.78. The van der Waals surface area contributed by atoms with Gasteiger partial charge in [-0.2, -0.15) is 0 Å². The molecule has 0 unspecified atom stereocenters. The Morgan fingerprint density at radius 1 is 0.419 bits per heavy atom. The SMILES string of the molecule is Cc1ccccc1[PH](c1ccccc1C)(c1ccccc1C)[PH](C)(C)c1ccccc1. The van der Waals surface area contributed by atoms with Gasteiger partial charge in [0, 0.05) is 0 Å². The molecule has 0 fully saturated rings. The molecule has 0 aromatic heterocycles. The van der Waals surface area contributed by atoms with Crippen LogP contribution in [0.5, 0.6) is 0 Å². The van der Waals surface area contributed by atoms with Gasteiger partial charge in [0.1, 0.15) is 0 Å². The van der Waals surface area contributed by atoms with Crippen LogP contribution in [-0.4, -0.2) is 13.3 Å². The molecule has 0 N–H and O–H groups in total. The second-order valence-electron chi connectivity index (χ2n) is 9.19. The molecule has 0 amide bonds. The molecule has 4 aromatic rings. The zero-order valence-electron chi connectivity index (χ0n) is 19.3. The Morgan fingerprint density at radius 3 is 1.10 bits per heavy atom. The Bertz CT molecular complexity index is 1080. The molecule has 4 aromatic carbocycles. The number of aryl methyl sites for hydroxylation is 3. The molecular weight excluding hydrogens is 410 g/mol. The third-order valence-corrected chi connectivity index (χ3v) is 23.8. The summed E-state index contributed by atoms with van der Waals surface area (Å²) >= 11 is 0. The topological polar surface area (TPSA) is 0 Å². The maximum absolute atomic E-state index is 2.61. The molecule has 0 spiro atoms. The summed E-state index contributed by atoms with van der Waals surface area (Å²) in [4.78, 5) is 0. The van der Waals surface area contributed by atoms with Gasteiger partial charge in [0.25, 0.3) is 0 Å². The number of hydrogen-bond donors (Lipinski definition) is 0. The standard InChI is InChI=1S/C29H34P2/c1-23-15-9-12-20-27(23)31(28-21-13-10-16-24(28)2,29-22-14-11-17-25(29)3)30(4,5)26-18-7-6-8-19-26/h6-22,30-31H,1-5H3. The van der Waals surface area contributed by atoms with Crippen LogP contribution in [0.1, 0.15) is 16.7 Å². The first-order valence-corrected chi connectivity index (χ1v) is 17.1. The van der Waals surface area contributed by atoms with Gasteiger partial charge in [0.15, 0.2) is 0 Å². The average molecular weight is 445 g/mol. The Kier molecular flexibility index (Phi) is 6.16. The van der Waals surface area contributed by atoms with E-state index in [1.807, 2.05) is 0 Å². The molecule has 0 aliphatic rings. The molecule has 160 valence electrons. The Morgan fingerprint density at radius 2 is 0.742 bits per heavy atom. The first kappa shape index (κ1) is 22.0. The normalized spacial score (nSPS) is 13.1. The molecule has 0 heterocycles. The maximum atomic E-state index is 2.61. The summed E-state index contributed by atoms with van der Waals surface area (Å²) in [5.74, 6) is 0. The molecule has 0 nitrogen and oxygen atoms in total. The summed E-state index contributed by atoms with van der Waals surface area (Å²) in [6.07, 6.45) is 0. The van der Waals surface area contributed by atoms with Gasteiger partial charge in [-0.05, 0) is 0 Å². The summed E-state index contributed by atoms with van der Waals surface area (Å²) in [7, 11) is 0. The summed E-state index contributed by atoms with van der Waals surface area (Å²) in [5.41, 5.74) is 4.24. The van der Waals surface area contributed by atoms with Crippen molar-refractivity contribution >= 4 is 35.1 Å². The Labute approximate surface area is 188 Å². The van der Waals surface area contributed by atoms with Crippen molar-refractivity contribution in [2.24, 2.45) is 0 Å². The molecule has 0 aliphatic carbocycles. The minimum absolute atomic E-state index is 1.41. The third kappa shape index (κ3) is 3.57. The molecule has 0 saturated carbocycles. The molecule has 0 bridgehead atoms. The molecular formula is C29H34P2. The van der Waals surface area contributed by atoms with Gasteiger partial charge < -0.3 is 0 Å². The van der Waals surface area contributed by atoms with E-state index in [2.05, 4.69) is 137 Å². The monoisotopic (exact) mass is 444 g/mol. The fourth-order valence-corrected chi connectivity index (χ4v) is 23.3. The van der Waals surface area contributed by atoms with Crippen molar-refractivity contribution in [2.75, 3.05) is 13.3 Å². The zero-order chi connectivity index (χ0) is 22.1. The first-order valence-electron chi connectivity index (χ1n) is 11.1. The van der Waals surface area contributed by atoms with Crippen molar-refractivity contribution < 1.29 is 0 Å². The van der Waals surface area contributed by atoms with Crippen molar-refractivity contribution in [3.8, 4) is 0 Å². The number of rotatable bonds is 5. The van der Waals surface area contributed by atoms with Crippen molar-refractivity contribution in [1.29, 1.82) is 0 Å². The van der Waals surface area contributed by atoms with Gasteiger partial charge in [-0.15, -0.1) is 0 Å². The van der Waals surface area contributed by atoms with Crippen LogP contribution in [0, 0.1) is 20.8 Å². The van der Waals surface area contributed by atoms with Gasteiger partial charge in [0.05, 0.1) is 0 Å². The zero-order valence-corrected chi connectivity index (χ0v) is 21.3. The number of benzene rings is 4. The molecule has 0 radical (unpaired) electrons. The third-order valence-electron chi connectivity index (χ3n) is 7.08. The van der Waals surface area contributed by atoms with Crippen LogP contribution in [0.2, 0.25) is 0 Å². The molecule has 0 saturated heterocycles. The molecule has 0 aliphatic heterocycles. The summed E-state index contributed by atoms with van der Waals surface area (Å²) in [6, 6.07) is 38.8. The van der Waals surface area contributed by atoms with E-state index in [0.717, 1.165) is 0 Å². The molecule has 0 atom stereocenters. The predicted octanol–water partition coefficient (Wildman–Crippen LogP) is 5.89. The summed E-state index contributed by atoms with van der Waals surface area (Å²) in [5, 5.41) is 6.24. The van der Waals surface area contributed by atoms with Crippen LogP contribution < -0.4 is 21.2 Å². The Balaban J connectivity index is 2.25. The van der Waals surface area contributed by atoms with Gasteiger partial charge >= 0.3 is 189 Å². The van der Waals surface area contributed by atoms with Gasteiger partial charge in [-0.1, -0.05) is 0 Å². The van der Waals surface area contributed by atoms with Gasteiger partial charge in [-0.25, -0.2) is 0 Å². The second kappa shape index (κ2) is 8.70. The summed E-state index contributed by atoms with van der Waals surface area (Å²) < 4.78 is 0. The van der Waals surface area contributed by atoms with Crippen LogP contribution in [0.4, 0.5) is 0 Å². The van der Waals surface area contributed by atoms with E-state index in [0.29, 0.717) is 0 Å². The first-order chi connectivity index (χ1) is 14.9. The second-order valence-corrected chi connectivity index (χ2v) is 22.1. The number of hydrogen-bond acceptors (Lipinski definition) is 0. The van der Waals surface area contributed by atoms with E-state index in [-0.39, 0.29) is 0 Å². The van der Waals surface area contributed by atoms with E-state index in [1.165, 1.54) is 22.0 Å². The van der Waals surface area contributed by atoms with E-state index in [1.54, 1.807) is 15.9 Å². The summed E-state index contributed by atoms with van der Waals surface area (Å²) in [6.45, 7) is 7.72. The van der Waals surface area contributed by atoms with E-state index < -0.39 is 13.9 Å². The van der Waals surface area contributed by atoms with E-state index in [4.69, 9.17) is 0 Å². The molecule has 2 heteroatoms. The van der Waals surface area contributed by atoms with Crippen molar-refractivity contribution in [3.63, 3.8) is 0 Å². The van der Waals surface area contributed by atoms with Crippen LogP contribution in [0.15, 0.2) is 103 Å². The van der Waals surface area contributed by atoms with Crippen LogP contribution >= 0.6 is 13.9 Å². The molecule has 4 rings (SSSR count). The predicted molar refractivity (Wildman–Crippen MR) is 147 cm³/mol. The van der Waals surface area contributed by atoms with Crippen molar-refractivity contribution in [2.45, 2.75) is 20.8 Å². The molecule has 31 heavy (non-hydrogen) atoms. The quantitative estimate of drug-likeness (QED) is 0.337. The van der Waals surface area contributed by atoms with Gasteiger partial charge in [0.2, 0.25) is 0 Å². The van der Waals surface area contributed by atoms with Crippen LogP contribution in [0.25, 0.3) is 0 Å². The van der Waals surface area contributed by atoms with E-state index >= 15 is 0 Å². The van der Waals surface area contributed by atoms with Crippen molar-refractivity contribution in [3.05, 3.63) is 120 Å². The fraction of sp³-hybridized carbons (Fsp3) is 0.172. The minimum atomic E-state index is -2.39. The van der Waals surface area contributed by atoms with Gasteiger partial charge in [-0.3, -0.25) is 0 Å². The van der Waals surface area contributed by atoms with Crippen LogP contribution in [-0.2, 0) is 0 Å². The van der Waals surface area contributed by atoms with Crippen molar-refractivity contribution in [1.82, 2.24) is 0 Å². The van der Waals surface area contributed by atoms with Crippen LogP contribution in [0.3, 0.4) is 0 Å². The Hall–Kier alpha value is -2.26. The fourth-order valence-electron chi connectivity index (χ4n) is 5.50.